The van der Waals surface area contributed by atoms with Gasteiger partial charge in [-0.25, -0.2) is 0 Å². The smallest absolute Gasteiger partial charge is 0.289 e. The number of nitrogens with zero attached hydrogens (tertiary/aromatic N) is 1. The summed E-state index contributed by atoms with van der Waals surface area (Å²) >= 11 is 3.39. The molecule has 0 aliphatic heterocycles. The molecule has 0 fully saturated rings. The summed E-state index contributed by atoms with van der Waals surface area (Å²) in [5.74, 6) is 1.17. The average Bonchev–Trinajstić information content (AvgIpc) is 2.70. The van der Waals surface area contributed by atoms with E-state index in [1.165, 1.54) is 0 Å². The summed E-state index contributed by atoms with van der Waals surface area (Å²) < 4.78 is 5.30. The summed E-state index contributed by atoms with van der Waals surface area (Å²) in [6, 6.07) is 3.54. The van der Waals surface area contributed by atoms with Gasteiger partial charge in [-0.3, -0.25) is 4.79 Å². The molecule has 0 bridgehead atoms. The molecule has 1 heterocycles. The van der Waals surface area contributed by atoms with E-state index in [0.29, 0.717) is 5.76 Å². The van der Waals surface area contributed by atoms with Gasteiger partial charge in [0.2, 0.25) is 0 Å². The minimum Gasteiger partial charge on any atom is -0.456 e. The zero-order valence-electron chi connectivity index (χ0n) is 9.83. The molecule has 0 saturated heterocycles. The van der Waals surface area contributed by atoms with E-state index in [1.807, 2.05) is 20.0 Å². The number of rotatable bonds is 6. The SMILES string of the molecule is Cc1ccc(C(=O)N(C)CCCCCBr)o1. The van der Waals surface area contributed by atoms with E-state index < -0.39 is 0 Å². The Morgan fingerprint density at radius 1 is 1.38 bits per heavy atom. The summed E-state index contributed by atoms with van der Waals surface area (Å²) in [5.41, 5.74) is 0. The van der Waals surface area contributed by atoms with E-state index in [9.17, 15) is 4.79 Å². The van der Waals surface area contributed by atoms with Crippen LogP contribution in [-0.2, 0) is 0 Å². The lowest BCUT2D eigenvalue weighted by molar-refractivity contribution is 0.0760. The summed E-state index contributed by atoms with van der Waals surface area (Å²) in [7, 11) is 1.81. The molecule has 0 saturated carbocycles. The summed E-state index contributed by atoms with van der Waals surface area (Å²) in [5, 5.41) is 1.03. The quantitative estimate of drug-likeness (QED) is 0.595. The van der Waals surface area contributed by atoms with Crippen LogP contribution in [0.4, 0.5) is 0 Å². The lowest BCUT2D eigenvalue weighted by Gasteiger charge is -2.15. The van der Waals surface area contributed by atoms with Crippen LogP contribution >= 0.6 is 15.9 Å². The third kappa shape index (κ3) is 4.00. The topological polar surface area (TPSA) is 33.5 Å². The number of halogens is 1. The number of carbonyl (C=O) groups excluding carboxylic acids is 1. The lowest BCUT2D eigenvalue weighted by Crippen LogP contribution is -2.27. The minimum absolute atomic E-state index is 0.0352. The van der Waals surface area contributed by atoms with Crippen LogP contribution in [0.3, 0.4) is 0 Å². The first-order chi connectivity index (χ1) is 7.65. The second-order valence-corrected chi connectivity index (χ2v) is 4.68. The van der Waals surface area contributed by atoms with Crippen molar-refractivity contribution in [3.8, 4) is 0 Å². The monoisotopic (exact) mass is 287 g/mol. The van der Waals surface area contributed by atoms with Crippen LogP contribution in [0.2, 0.25) is 0 Å². The Labute approximate surface area is 105 Å². The molecule has 0 aromatic carbocycles. The Morgan fingerprint density at radius 2 is 2.12 bits per heavy atom. The number of aryl methyl sites for hydroxylation is 1. The van der Waals surface area contributed by atoms with Gasteiger partial charge in [0.25, 0.3) is 5.91 Å². The summed E-state index contributed by atoms with van der Waals surface area (Å²) in [6.45, 7) is 2.62. The molecule has 0 aliphatic carbocycles. The van der Waals surface area contributed by atoms with Gasteiger partial charge in [-0.15, -0.1) is 0 Å². The molecule has 0 spiro atoms. The Bertz CT molecular complexity index is 336. The first-order valence-corrected chi connectivity index (χ1v) is 6.65. The molecule has 3 nitrogen and oxygen atoms in total. The van der Waals surface area contributed by atoms with Gasteiger partial charge in [-0.1, -0.05) is 22.4 Å². The van der Waals surface area contributed by atoms with Crippen molar-refractivity contribution in [2.24, 2.45) is 0 Å². The molecule has 1 aromatic heterocycles. The zero-order valence-corrected chi connectivity index (χ0v) is 11.4. The molecular formula is C12H18BrNO2. The lowest BCUT2D eigenvalue weighted by atomic mass is 10.2. The number of alkyl halides is 1. The fraction of sp³-hybridized carbons (Fsp3) is 0.583. The van der Waals surface area contributed by atoms with Crippen molar-refractivity contribution in [3.63, 3.8) is 0 Å². The van der Waals surface area contributed by atoms with Crippen LogP contribution in [0.5, 0.6) is 0 Å². The number of carbonyl (C=O) groups is 1. The van der Waals surface area contributed by atoms with Crippen LogP contribution < -0.4 is 0 Å². The standard InChI is InChI=1S/C12H18BrNO2/c1-10-6-7-11(16-10)12(15)14(2)9-5-3-4-8-13/h6-7H,3-5,8-9H2,1-2H3. The predicted octanol–water partition coefficient (Wildman–Crippen LogP) is 3.23. The molecule has 16 heavy (non-hydrogen) atoms. The van der Waals surface area contributed by atoms with Crippen molar-refractivity contribution in [1.29, 1.82) is 0 Å². The highest BCUT2D eigenvalue weighted by Gasteiger charge is 2.14. The molecule has 1 aromatic rings. The molecule has 1 rings (SSSR count). The highest BCUT2D eigenvalue weighted by molar-refractivity contribution is 9.09. The van der Waals surface area contributed by atoms with Crippen molar-refractivity contribution in [3.05, 3.63) is 23.7 Å². The maximum absolute atomic E-state index is 11.8. The van der Waals surface area contributed by atoms with E-state index >= 15 is 0 Å². The summed E-state index contributed by atoms with van der Waals surface area (Å²) in [6.07, 6.45) is 3.33. The molecule has 90 valence electrons. The number of unbranched alkanes of at least 4 members (excludes halogenated alkanes) is 2. The van der Waals surface area contributed by atoms with Crippen LogP contribution in [0.15, 0.2) is 16.5 Å². The molecule has 0 aliphatic rings. The molecular weight excluding hydrogens is 270 g/mol. The molecule has 0 atom stereocenters. The second-order valence-electron chi connectivity index (χ2n) is 3.89. The Balaban J connectivity index is 2.36. The maximum atomic E-state index is 11.8. The van der Waals surface area contributed by atoms with Crippen LogP contribution in [0, 0.1) is 6.92 Å². The highest BCUT2D eigenvalue weighted by Crippen LogP contribution is 2.09. The Hall–Kier alpha value is -0.770. The van der Waals surface area contributed by atoms with Crippen molar-refractivity contribution >= 4 is 21.8 Å². The van der Waals surface area contributed by atoms with Gasteiger partial charge in [0.15, 0.2) is 5.76 Å². The van der Waals surface area contributed by atoms with Gasteiger partial charge >= 0.3 is 0 Å². The van der Waals surface area contributed by atoms with Gasteiger partial charge in [-0.05, 0) is 31.9 Å². The van der Waals surface area contributed by atoms with Gasteiger partial charge in [0, 0.05) is 18.9 Å². The third-order valence-electron chi connectivity index (χ3n) is 2.42. The fourth-order valence-electron chi connectivity index (χ4n) is 1.46. The third-order valence-corrected chi connectivity index (χ3v) is 2.99. The molecule has 0 radical (unpaired) electrons. The zero-order chi connectivity index (χ0) is 12.0. The van der Waals surface area contributed by atoms with Crippen LogP contribution in [0.25, 0.3) is 0 Å². The molecule has 0 N–H and O–H groups in total. The van der Waals surface area contributed by atoms with Crippen molar-refractivity contribution in [2.75, 3.05) is 18.9 Å². The molecule has 0 unspecified atom stereocenters. The van der Waals surface area contributed by atoms with E-state index in [4.69, 9.17) is 4.42 Å². The van der Waals surface area contributed by atoms with Gasteiger partial charge in [0.1, 0.15) is 5.76 Å². The number of hydrogen-bond donors (Lipinski definition) is 0. The molecule has 4 heteroatoms. The predicted molar refractivity (Wildman–Crippen MR) is 68.1 cm³/mol. The first kappa shape index (κ1) is 13.3. The summed E-state index contributed by atoms with van der Waals surface area (Å²) in [4.78, 5) is 13.6. The number of hydrogen-bond acceptors (Lipinski definition) is 2. The number of amides is 1. The second kappa shape index (κ2) is 6.74. The van der Waals surface area contributed by atoms with E-state index in [0.717, 1.165) is 36.9 Å². The van der Waals surface area contributed by atoms with Crippen molar-refractivity contribution in [1.82, 2.24) is 4.90 Å². The normalized spacial score (nSPS) is 10.4. The Kier molecular flexibility index (Phi) is 5.60. The van der Waals surface area contributed by atoms with Gasteiger partial charge in [-0.2, -0.15) is 0 Å². The van der Waals surface area contributed by atoms with E-state index in [1.54, 1.807) is 11.0 Å². The van der Waals surface area contributed by atoms with Crippen LogP contribution in [0.1, 0.15) is 35.6 Å². The fourth-order valence-corrected chi connectivity index (χ4v) is 1.86. The largest absolute Gasteiger partial charge is 0.456 e. The average molecular weight is 288 g/mol. The van der Waals surface area contributed by atoms with Crippen molar-refractivity contribution < 1.29 is 9.21 Å². The first-order valence-electron chi connectivity index (χ1n) is 5.53. The van der Waals surface area contributed by atoms with E-state index in [2.05, 4.69) is 15.9 Å². The van der Waals surface area contributed by atoms with E-state index in [-0.39, 0.29) is 5.91 Å². The van der Waals surface area contributed by atoms with Gasteiger partial charge in [0.05, 0.1) is 0 Å². The maximum Gasteiger partial charge on any atom is 0.289 e. The Morgan fingerprint density at radius 3 is 2.69 bits per heavy atom. The van der Waals surface area contributed by atoms with Gasteiger partial charge < -0.3 is 9.32 Å². The highest BCUT2D eigenvalue weighted by atomic mass is 79.9. The number of furan rings is 1. The van der Waals surface area contributed by atoms with Crippen LogP contribution in [-0.4, -0.2) is 29.7 Å². The molecule has 1 amide bonds. The minimum atomic E-state index is -0.0352. The van der Waals surface area contributed by atoms with Crippen molar-refractivity contribution in [2.45, 2.75) is 26.2 Å².